The number of benzene rings is 2. The van der Waals surface area contributed by atoms with Gasteiger partial charge in [-0.2, -0.15) is 0 Å². The molecule has 2 aliphatic rings. The molecule has 1 nitrogen and oxygen atoms in total. The van der Waals surface area contributed by atoms with E-state index in [0.29, 0.717) is 6.04 Å². The van der Waals surface area contributed by atoms with E-state index in [1.807, 2.05) is 0 Å². The molecule has 0 saturated carbocycles. The SMILES string of the molecule is CC1CCN(C2c3ccccc3-c3ccccc32)CC1. The van der Waals surface area contributed by atoms with Gasteiger partial charge in [-0.3, -0.25) is 4.90 Å². The van der Waals surface area contributed by atoms with E-state index in [2.05, 4.69) is 60.4 Å². The Kier molecular flexibility index (Phi) is 2.89. The number of hydrogen-bond acceptors (Lipinski definition) is 1. The van der Waals surface area contributed by atoms with Crippen LogP contribution in [0.5, 0.6) is 0 Å². The van der Waals surface area contributed by atoms with Gasteiger partial charge in [0.25, 0.3) is 0 Å². The number of fused-ring (bicyclic) bond motifs is 3. The van der Waals surface area contributed by atoms with Crippen molar-refractivity contribution in [3.8, 4) is 11.1 Å². The van der Waals surface area contributed by atoms with Crippen LogP contribution in [0.1, 0.15) is 36.9 Å². The minimum Gasteiger partial charge on any atom is -0.292 e. The highest BCUT2D eigenvalue weighted by Crippen LogP contribution is 2.46. The van der Waals surface area contributed by atoms with Crippen molar-refractivity contribution in [2.45, 2.75) is 25.8 Å². The molecular weight excluding hydrogens is 242 g/mol. The number of hydrogen-bond donors (Lipinski definition) is 0. The van der Waals surface area contributed by atoms with E-state index < -0.39 is 0 Å². The third-order valence-corrected chi connectivity index (χ3v) is 4.98. The van der Waals surface area contributed by atoms with Crippen molar-refractivity contribution >= 4 is 0 Å². The van der Waals surface area contributed by atoms with E-state index in [1.54, 1.807) is 0 Å². The molecule has 4 rings (SSSR count). The van der Waals surface area contributed by atoms with Gasteiger partial charge in [0.05, 0.1) is 6.04 Å². The zero-order valence-electron chi connectivity index (χ0n) is 12.0. The molecule has 1 fully saturated rings. The maximum absolute atomic E-state index is 2.69. The van der Waals surface area contributed by atoms with Crippen molar-refractivity contribution in [1.29, 1.82) is 0 Å². The van der Waals surface area contributed by atoms with Crippen LogP contribution in [0.15, 0.2) is 48.5 Å². The second-order valence-electron chi connectivity index (χ2n) is 6.30. The van der Waals surface area contributed by atoms with Gasteiger partial charge in [-0.25, -0.2) is 0 Å². The molecule has 2 aromatic rings. The van der Waals surface area contributed by atoms with Gasteiger partial charge in [0, 0.05) is 0 Å². The van der Waals surface area contributed by atoms with Crippen LogP contribution in [-0.4, -0.2) is 18.0 Å². The highest BCUT2D eigenvalue weighted by Gasteiger charge is 2.33. The van der Waals surface area contributed by atoms with E-state index in [4.69, 9.17) is 0 Å². The third kappa shape index (κ3) is 1.81. The van der Waals surface area contributed by atoms with Crippen LogP contribution in [0.2, 0.25) is 0 Å². The summed E-state index contributed by atoms with van der Waals surface area (Å²) in [6, 6.07) is 18.4. The lowest BCUT2D eigenvalue weighted by Crippen LogP contribution is -2.35. The van der Waals surface area contributed by atoms with Gasteiger partial charge in [0.15, 0.2) is 0 Å². The van der Waals surface area contributed by atoms with Gasteiger partial charge in [0.1, 0.15) is 0 Å². The second kappa shape index (κ2) is 4.75. The van der Waals surface area contributed by atoms with Crippen molar-refractivity contribution < 1.29 is 0 Å². The smallest absolute Gasteiger partial charge is 0.0614 e. The molecule has 0 aromatic heterocycles. The van der Waals surface area contributed by atoms with Crippen LogP contribution < -0.4 is 0 Å². The molecule has 1 heteroatoms. The maximum Gasteiger partial charge on any atom is 0.0614 e. The Morgan fingerprint density at radius 3 is 1.85 bits per heavy atom. The lowest BCUT2D eigenvalue weighted by Gasteiger charge is -2.35. The molecule has 0 N–H and O–H groups in total. The average Bonchev–Trinajstić information content (AvgIpc) is 2.83. The molecule has 1 aliphatic carbocycles. The first-order valence-electron chi connectivity index (χ1n) is 7.77. The normalized spacial score (nSPS) is 19.9. The van der Waals surface area contributed by atoms with E-state index in [-0.39, 0.29) is 0 Å². The quantitative estimate of drug-likeness (QED) is 0.733. The second-order valence-corrected chi connectivity index (χ2v) is 6.30. The molecule has 0 amide bonds. The molecule has 0 spiro atoms. The first-order valence-corrected chi connectivity index (χ1v) is 7.77. The maximum atomic E-state index is 2.69. The zero-order valence-corrected chi connectivity index (χ0v) is 12.0. The van der Waals surface area contributed by atoms with Crippen molar-refractivity contribution in [2.24, 2.45) is 5.92 Å². The summed E-state index contributed by atoms with van der Waals surface area (Å²) in [5.41, 5.74) is 5.88. The van der Waals surface area contributed by atoms with Crippen molar-refractivity contribution in [3.63, 3.8) is 0 Å². The lowest BCUT2D eigenvalue weighted by molar-refractivity contribution is 0.160. The fourth-order valence-electron chi connectivity index (χ4n) is 3.81. The Labute approximate surface area is 121 Å². The van der Waals surface area contributed by atoms with E-state index in [9.17, 15) is 0 Å². The molecule has 0 atom stereocenters. The van der Waals surface area contributed by atoms with E-state index >= 15 is 0 Å². The van der Waals surface area contributed by atoms with Crippen LogP contribution in [0.3, 0.4) is 0 Å². The van der Waals surface area contributed by atoms with Gasteiger partial charge < -0.3 is 0 Å². The van der Waals surface area contributed by atoms with Gasteiger partial charge in [-0.15, -0.1) is 0 Å². The number of rotatable bonds is 1. The summed E-state index contributed by atoms with van der Waals surface area (Å²) in [5, 5.41) is 0. The first kappa shape index (κ1) is 12.2. The molecular formula is C19H21N. The van der Waals surface area contributed by atoms with Gasteiger partial charge in [0.2, 0.25) is 0 Å². The van der Waals surface area contributed by atoms with Gasteiger partial charge in [-0.05, 0) is 54.1 Å². The standard InChI is InChI=1S/C19H21N/c1-14-10-12-20(13-11-14)19-17-8-4-2-6-15(17)16-7-3-5-9-18(16)19/h2-9,14,19H,10-13H2,1H3. The number of likely N-dealkylation sites (tertiary alicyclic amines) is 1. The number of piperidine rings is 1. The molecule has 0 bridgehead atoms. The topological polar surface area (TPSA) is 3.24 Å². The zero-order chi connectivity index (χ0) is 13.5. The van der Waals surface area contributed by atoms with Crippen molar-refractivity contribution in [2.75, 3.05) is 13.1 Å². The molecule has 102 valence electrons. The monoisotopic (exact) mass is 263 g/mol. The predicted molar refractivity (Wildman–Crippen MR) is 83.7 cm³/mol. The van der Waals surface area contributed by atoms with Crippen LogP contribution in [-0.2, 0) is 0 Å². The molecule has 1 saturated heterocycles. The number of nitrogens with zero attached hydrogens (tertiary/aromatic N) is 1. The summed E-state index contributed by atoms with van der Waals surface area (Å²) in [6.07, 6.45) is 2.67. The minimum atomic E-state index is 0.481. The summed E-state index contributed by atoms with van der Waals surface area (Å²) < 4.78 is 0. The first-order chi connectivity index (χ1) is 9.84. The van der Waals surface area contributed by atoms with E-state index in [1.165, 1.54) is 48.2 Å². The Hall–Kier alpha value is -1.60. The molecule has 0 unspecified atom stereocenters. The van der Waals surface area contributed by atoms with Crippen LogP contribution in [0, 0.1) is 5.92 Å². The Bertz CT molecular complexity index is 578. The Morgan fingerprint density at radius 1 is 0.800 bits per heavy atom. The summed E-state index contributed by atoms with van der Waals surface area (Å²) in [6.45, 7) is 4.84. The largest absolute Gasteiger partial charge is 0.292 e. The summed E-state index contributed by atoms with van der Waals surface area (Å²) in [7, 11) is 0. The van der Waals surface area contributed by atoms with Crippen LogP contribution in [0.25, 0.3) is 11.1 Å². The highest BCUT2D eigenvalue weighted by molar-refractivity contribution is 5.78. The van der Waals surface area contributed by atoms with Crippen molar-refractivity contribution in [1.82, 2.24) is 4.90 Å². The summed E-state index contributed by atoms with van der Waals surface area (Å²) in [4.78, 5) is 2.69. The Balaban J connectivity index is 1.79. The third-order valence-electron chi connectivity index (χ3n) is 4.98. The lowest BCUT2D eigenvalue weighted by atomic mass is 9.95. The molecule has 1 aliphatic heterocycles. The fraction of sp³-hybridized carbons (Fsp3) is 0.368. The fourth-order valence-corrected chi connectivity index (χ4v) is 3.81. The van der Waals surface area contributed by atoms with Crippen LogP contribution in [0.4, 0.5) is 0 Å². The summed E-state index contributed by atoms with van der Waals surface area (Å²) >= 11 is 0. The van der Waals surface area contributed by atoms with Gasteiger partial charge in [-0.1, -0.05) is 55.5 Å². The van der Waals surface area contributed by atoms with Crippen molar-refractivity contribution in [3.05, 3.63) is 59.7 Å². The van der Waals surface area contributed by atoms with E-state index in [0.717, 1.165) is 5.92 Å². The molecule has 20 heavy (non-hydrogen) atoms. The Morgan fingerprint density at radius 2 is 1.30 bits per heavy atom. The highest BCUT2D eigenvalue weighted by atomic mass is 15.2. The molecule has 2 aromatic carbocycles. The molecule has 1 heterocycles. The predicted octanol–water partition coefficient (Wildman–Crippen LogP) is 4.49. The van der Waals surface area contributed by atoms with Gasteiger partial charge >= 0.3 is 0 Å². The summed E-state index contributed by atoms with van der Waals surface area (Å²) in [5.74, 6) is 0.887. The van der Waals surface area contributed by atoms with Crippen LogP contribution >= 0.6 is 0 Å². The minimum absolute atomic E-state index is 0.481. The average molecular weight is 263 g/mol. The molecule has 0 radical (unpaired) electrons.